The highest BCUT2D eigenvalue weighted by molar-refractivity contribution is 8.13. The maximum Gasteiger partial charge on any atom is 0.180 e. The van der Waals surface area contributed by atoms with Crippen LogP contribution in [0.5, 0.6) is 5.75 Å². The molecule has 4 nitrogen and oxygen atoms in total. The molecule has 23 heavy (non-hydrogen) atoms. The van der Waals surface area contributed by atoms with Gasteiger partial charge in [-0.05, 0) is 35.4 Å². The number of ether oxygens (including phenoxy) is 1. The van der Waals surface area contributed by atoms with Crippen LogP contribution in [0.3, 0.4) is 0 Å². The largest absolute Gasteiger partial charge is 0.490 e. The normalized spacial score (nSPS) is 11.6. The van der Waals surface area contributed by atoms with E-state index >= 15 is 0 Å². The van der Waals surface area contributed by atoms with E-state index in [1.165, 1.54) is 17.3 Å². The fourth-order valence-corrected chi connectivity index (χ4v) is 2.33. The zero-order valence-corrected chi connectivity index (χ0v) is 13.6. The van der Waals surface area contributed by atoms with E-state index in [-0.39, 0.29) is 0 Å². The molecular weight excluding hydrogens is 306 g/mol. The molecule has 0 aliphatic rings. The average Bonchev–Trinajstić information content (AvgIpc) is 2.60. The Labute approximate surface area is 140 Å². The van der Waals surface area contributed by atoms with Crippen molar-refractivity contribution < 1.29 is 4.74 Å². The van der Waals surface area contributed by atoms with Gasteiger partial charge in [0.2, 0.25) is 0 Å². The van der Waals surface area contributed by atoms with Gasteiger partial charge in [-0.1, -0.05) is 54.7 Å². The third-order valence-electron chi connectivity index (χ3n) is 2.84. The van der Waals surface area contributed by atoms with E-state index in [0.29, 0.717) is 11.8 Å². The topological polar surface area (TPSA) is 60.0 Å². The van der Waals surface area contributed by atoms with Crippen LogP contribution in [0, 0.1) is 0 Å². The molecule has 0 bridgehead atoms. The molecule has 0 spiro atoms. The van der Waals surface area contributed by atoms with Crippen LogP contribution in [0.4, 0.5) is 0 Å². The molecule has 0 fully saturated rings. The first-order chi connectivity index (χ1) is 11.3. The Morgan fingerprint density at radius 1 is 1.13 bits per heavy atom. The van der Waals surface area contributed by atoms with Crippen molar-refractivity contribution in [1.29, 1.82) is 0 Å². The molecule has 0 aliphatic heterocycles. The fraction of sp³-hybridized carbons (Fsp3) is 0.111. The second kappa shape index (κ2) is 9.48. The van der Waals surface area contributed by atoms with Gasteiger partial charge in [0.1, 0.15) is 12.4 Å². The van der Waals surface area contributed by atoms with Crippen LogP contribution in [0.25, 0.3) is 0 Å². The summed E-state index contributed by atoms with van der Waals surface area (Å²) in [6.45, 7) is 4.10. The molecule has 0 amide bonds. The molecule has 0 saturated carbocycles. The molecular formula is C18H19N3OS. The number of benzene rings is 2. The molecule has 2 rings (SSSR count). The molecule has 2 aromatic rings. The van der Waals surface area contributed by atoms with Gasteiger partial charge in [-0.2, -0.15) is 5.10 Å². The van der Waals surface area contributed by atoms with E-state index in [2.05, 4.69) is 28.9 Å². The molecule has 0 saturated heterocycles. The minimum atomic E-state index is 0.441. The van der Waals surface area contributed by atoms with E-state index < -0.39 is 0 Å². The predicted octanol–water partition coefficient (Wildman–Crippen LogP) is 3.83. The lowest BCUT2D eigenvalue weighted by Gasteiger charge is -2.02. The predicted molar refractivity (Wildman–Crippen MR) is 99.1 cm³/mol. The van der Waals surface area contributed by atoms with Crippen molar-refractivity contribution in [3.05, 3.63) is 78.4 Å². The average molecular weight is 325 g/mol. The molecule has 0 atom stereocenters. The Hall–Kier alpha value is -2.53. The van der Waals surface area contributed by atoms with Crippen molar-refractivity contribution >= 4 is 23.1 Å². The SMILES string of the molecule is C=CCOc1ccc(C=NN=C(N)SCc2ccccc2)cc1. The van der Waals surface area contributed by atoms with Gasteiger partial charge in [0.05, 0.1) is 6.21 Å². The standard InChI is InChI=1S/C18H19N3OS/c1-2-12-22-17-10-8-15(9-11-17)13-20-21-18(19)23-14-16-6-4-3-5-7-16/h2-11,13H,1,12,14H2,(H2,19,21). The van der Waals surface area contributed by atoms with Crippen LogP contribution in [-0.2, 0) is 5.75 Å². The third-order valence-corrected chi connectivity index (χ3v) is 3.70. The number of rotatable bonds is 7. The van der Waals surface area contributed by atoms with Crippen molar-refractivity contribution in [2.75, 3.05) is 6.61 Å². The summed E-state index contributed by atoms with van der Waals surface area (Å²) < 4.78 is 5.41. The summed E-state index contributed by atoms with van der Waals surface area (Å²) in [6, 6.07) is 17.7. The van der Waals surface area contributed by atoms with Gasteiger partial charge in [0.25, 0.3) is 0 Å². The van der Waals surface area contributed by atoms with Gasteiger partial charge in [0, 0.05) is 5.75 Å². The second-order valence-corrected chi connectivity index (χ2v) is 5.62. The Morgan fingerprint density at radius 3 is 2.57 bits per heavy atom. The minimum Gasteiger partial charge on any atom is -0.490 e. The van der Waals surface area contributed by atoms with Gasteiger partial charge >= 0.3 is 0 Å². The lowest BCUT2D eigenvalue weighted by Crippen LogP contribution is -2.05. The van der Waals surface area contributed by atoms with E-state index in [1.54, 1.807) is 12.3 Å². The zero-order valence-electron chi connectivity index (χ0n) is 12.8. The highest BCUT2D eigenvalue weighted by Gasteiger charge is 1.96. The molecule has 118 valence electrons. The summed E-state index contributed by atoms with van der Waals surface area (Å²) in [4.78, 5) is 0. The third kappa shape index (κ3) is 6.40. The molecule has 2 aromatic carbocycles. The summed E-state index contributed by atoms with van der Waals surface area (Å²) in [5.74, 6) is 1.57. The van der Waals surface area contributed by atoms with Crippen molar-refractivity contribution in [1.82, 2.24) is 0 Å². The molecule has 2 N–H and O–H groups in total. The van der Waals surface area contributed by atoms with Crippen LogP contribution in [-0.4, -0.2) is 18.0 Å². The number of amidine groups is 1. The van der Waals surface area contributed by atoms with Crippen molar-refractivity contribution in [2.45, 2.75) is 5.75 Å². The highest BCUT2D eigenvalue weighted by atomic mass is 32.2. The van der Waals surface area contributed by atoms with Gasteiger partial charge < -0.3 is 10.5 Å². The monoisotopic (exact) mass is 325 g/mol. The number of nitrogens with zero attached hydrogens (tertiary/aromatic N) is 2. The summed E-state index contributed by atoms with van der Waals surface area (Å²) in [5, 5.41) is 8.44. The molecule has 0 aromatic heterocycles. The molecule has 0 heterocycles. The lowest BCUT2D eigenvalue weighted by molar-refractivity contribution is 0.363. The molecule has 5 heteroatoms. The van der Waals surface area contributed by atoms with Crippen LogP contribution >= 0.6 is 11.8 Å². The van der Waals surface area contributed by atoms with Gasteiger partial charge in [-0.25, -0.2) is 0 Å². The molecule has 0 aliphatic carbocycles. The second-order valence-electron chi connectivity index (χ2n) is 4.63. The fourth-order valence-electron chi connectivity index (χ4n) is 1.72. The van der Waals surface area contributed by atoms with Crippen LogP contribution in [0.1, 0.15) is 11.1 Å². The summed E-state index contributed by atoms with van der Waals surface area (Å²) in [7, 11) is 0. The Morgan fingerprint density at radius 2 is 1.87 bits per heavy atom. The summed E-state index contributed by atoms with van der Waals surface area (Å²) in [5.41, 5.74) is 7.97. The number of hydrogen-bond acceptors (Lipinski definition) is 4. The van der Waals surface area contributed by atoms with E-state index in [9.17, 15) is 0 Å². The maximum absolute atomic E-state index is 5.83. The first-order valence-corrected chi connectivity index (χ1v) is 8.13. The zero-order chi connectivity index (χ0) is 16.3. The van der Waals surface area contributed by atoms with Crippen LogP contribution in [0.15, 0.2) is 77.5 Å². The Bertz CT molecular complexity index is 666. The minimum absolute atomic E-state index is 0.441. The lowest BCUT2D eigenvalue weighted by atomic mass is 10.2. The van der Waals surface area contributed by atoms with Gasteiger partial charge in [-0.3, -0.25) is 0 Å². The van der Waals surface area contributed by atoms with Gasteiger partial charge in [0.15, 0.2) is 5.17 Å². The Kier molecular flexibility index (Phi) is 6.94. The first kappa shape index (κ1) is 16.8. The number of hydrogen-bond donors (Lipinski definition) is 1. The van der Waals surface area contributed by atoms with Crippen LogP contribution < -0.4 is 10.5 Å². The highest BCUT2D eigenvalue weighted by Crippen LogP contribution is 2.12. The maximum atomic E-state index is 5.83. The van der Waals surface area contributed by atoms with Crippen molar-refractivity contribution in [3.63, 3.8) is 0 Å². The quantitative estimate of drug-likeness (QED) is 0.364. The molecule has 0 unspecified atom stereocenters. The van der Waals surface area contributed by atoms with E-state index in [4.69, 9.17) is 10.5 Å². The first-order valence-electron chi connectivity index (χ1n) is 7.15. The van der Waals surface area contributed by atoms with Gasteiger partial charge in [-0.15, -0.1) is 5.10 Å². The van der Waals surface area contributed by atoms with Crippen molar-refractivity contribution in [3.8, 4) is 5.75 Å². The molecule has 0 radical (unpaired) electrons. The number of thioether (sulfide) groups is 1. The number of nitrogens with two attached hydrogens (primary N) is 1. The van der Waals surface area contributed by atoms with Crippen LogP contribution in [0.2, 0.25) is 0 Å². The summed E-state index contributed by atoms with van der Waals surface area (Å²) >= 11 is 1.46. The smallest absolute Gasteiger partial charge is 0.180 e. The van der Waals surface area contributed by atoms with Crippen molar-refractivity contribution in [2.24, 2.45) is 15.9 Å². The van der Waals surface area contributed by atoms with E-state index in [1.807, 2.05) is 42.5 Å². The Balaban J connectivity index is 1.83. The van der Waals surface area contributed by atoms with E-state index in [0.717, 1.165) is 17.1 Å². The summed E-state index contributed by atoms with van der Waals surface area (Å²) in [6.07, 6.45) is 3.37.